The lowest BCUT2D eigenvalue weighted by Gasteiger charge is -2.26. The molecule has 2 fully saturated rings. The number of nitrogens with zero attached hydrogens (tertiary/aromatic N) is 5. The predicted octanol–water partition coefficient (Wildman–Crippen LogP) is 5.57. The Bertz CT molecular complexity index is 1790. The zero-order valence-corrected chi connectivity index (χ0v) is 24.1. The van der Waals surface area contributed by atoms with Crippen LogP contribution in [0.5, 0.6) is 0 Å². The second kappa shape index (κ2) is 11.1. The number of hydrogen-bond acceptors (Lipinski definition) is 8. The van der Waals surface area contributed by atoms with Crippen molar-refractivity contribution in [2.45, 2.75) is 62.2 Å². The lowest BCUT2D eigenvalue weighted by molar-refractivity contribution is 0.0474. The minimum atomic E-state index is -4.18. The number of anilines is 1. The molecule has 43 heavy (non-hydrogen) atoms. The van der Waals surface area contributed by atoms with Crippen LogP contribution >= 0.6 is 0 Å². The maximum atomic E-state index is 15.9. The highest BCUT2D eigenvalue weighted by atomic mass is 32.2. The highest BCUT2D eigenvalue weighted by molar-refractivity contribution is 7.90. The molecule has 3 aromatic heterocycles. The molecule has 0 bridgehead atoms. The first-order valence-corrected chi connectivity index (χ1v) is 15.4. The summed E-state index contributed by atoms with van der Waals surface area (Å²) < 4.78 is 78.5. The van der Waals surface area contributed by atoms with Gasteiger partial charge in [-0.05, 0) is 50.8 Å². The van der Waals surface area contributed by atoms with E-state index in [-0.39, 0.29) is 52.9 Å². The van der Waals surface area contributed by atoms with Crippen LogP contribution in [-0.2, 0) is 14.8 Å². The average molecular weight is 615 g/mol. The van der Waals surface area contributed by atoms with Crippen LogP contribution in [0.25, 0.3) is 22.4 Å². The maximum Gasteiger partial charge on any atom is 0.410 e. The minimum Gasteiger partial charge on any atom is -0.446 e. The van der Waals surface area contributed by atoms with Crippen molar-refractivity contribution >= 4 is 33.0 Å². The van der Waals surface area contributed by atoms with Gasteiger partial charge in [-0.1, -0.05) is 24.1 Å². The number of carbonyl (C=O) groups excluding carboxylic acids is 1. The van der Waals surface area contributed by atoms with Crippen LogP contribution in [0.4, 0.5) is 23.8 Å². The molecule has 1 aliphatic carbocycles. The Kier molecular flexibility index (Phi) is 7.48. The third kappa shape index (κ3) is 5.75. The molecule has 1 saturated heterocycles. The van der Waals surface area contributed by atoms with Crippen LogP contribution in [0, 0.1) is 18.6 Å². The van der Waals surface area contributed by atoms with Crippen LogP contribution in [0.1, 0.15) is 44.1 Å². The number of aromatic nitrogens is 4. The molecule has 4 heterocycles. The van der Waals surface area contributed by atoms with Crippen LogP contribution in [-0.4, -0.2) is 63.3 Å². The molecule has 4 aromatic rings. The van der Waals surface area contributed by atoms with E-state index in [0.717, 1.165) is 60.1 Å². The van der Waals surface area contributed by atoms with Gasteiger partial charge in [0, 0.05) is 30.1 Å². The molecule has 1 N–H and O–H groups in total. The smallest absolute Gasteiger partial charge is 0.410 e. The highest BCUT2D eigenvalue weighted by Crippen LogP contribution is 2.34. The molecule has 1 saturated carbocycles. The molecule has 1 amide bonds. The molecule has 2 aliphatic rings. The van der Waals surface area contributed by atoms with E-state index in [2.05, 4.69) is 20.3 Å². The van der Waals surface area contributed by atoms with Crippen molar-refractivity contribution in [2.75, 3.05) is 18.4 Å². The number of carbonyl (C=O) groups is 1. The second-order valence-electron chi connectivity index (χ2n) is 11.0. The first-order chi connectivity index (χ1) is 20.5. The van der Waals surface area contributed by atoms with Gasteiger partial charge in [0.15, 0.2) is 23.1 Å². The molecular weight excluding hydrogens is 585 g/mol. The SMILES string of the molecule is Cc1ccc(S(=O)(=O)n2cc(-c3ncc(F)c(N[C@@]4(F)CCN(C(=O)OC5CCCCC5)C4)n3)c3cc(F)cnc32)cc1. The first-order valence-electron chi connectivity index (χ1n) is 14.0. The van der Waals surface area contributed by atoms with Gasteiger partial charge in [0.05, 0.1) is 23.8 Å². The Morgan fingerprint density at radius 3 is 2.58 bits per heavy atom. The number of aryl methyl sites for hydroxylation is 1. The van der Waals surface area contributed by atoms with Gasteiger partial charge in [-0.15, -0.1) is 0 Å². The summed E-state index contributed by atoms with van der Waals surface area (Å²) >= 11 is 0. The van der Waals surface area contributed by atoms with Gasteiger partial charge in [-0.3, -0.25) is 0 Å². The molecule has 1 atom stereocenters. The summed E-state index contributed by atoms with van der Waals surface area (Å²) in [6.45, 7) is 1.49. The van der Waals surface area contributed by atoms with E-state index < -0.39 is 39.4 Å². The molecule has 1 aromatic carbocycles. The van der Waals surface area contributed by atoms with Gasteiger partial charge >= 0.3 is 6.09 Å². The number of benzene rings is 1. The molecular formula is C29H29F3N6O4S. The predicted molar refractivity (Wildman–Crippen MR) is 151 cm³/mol. The Morgan fingerprint density at radius 2 is 1.84 bits per heavy atom. The van der Waals surface area contributed by atoms with Crippen LogP contribution < -0.4 is 5.32 Å². The lowest BCUT2D eigenvalue weighted by atomic mass is 9.98. The van der Waals surface area contributed by atoms with Gasteiger partial charge in [-0.25, -0.2) is 45.3 Å². The fourth-order valence-electron chi connectivity index (χ4n) is 5.47. The van der Waals surface area contributed by atoms with Crippen LogP contribution in [0.3, 0.4) is 0 Å². The van der Waals surface area contributed by atoms with Crippen LogP contribution in [0.2, 0.25) is 0 Å². The number of alkyl halides is 1. The zero-order chi connectivity index (χ0) is 30.4. The first kappa shape index (κ1) is 28.9. The Hall–Kier alpha value is -4.20. The lowest BCUT2D eigenvalue weighted by Crippen LogP contribution is -2.40. The third-order valence-electron chi connectivity index (χ3n) is 7.78. The standard InChI is InChI=1S/C29H29F3N6O4S/c1-18-7-9-21(10-8-18)43(40,41)38-16-23(22-13-19(30)14-34-27(22)38)25-33-15-24(31)26(35-25)36-29(32)11-12-37(17-29)28(39)42-20-5-3-2-4-6-20/h7-10,13-16,20H,2-6,11-12,17H2,1H3,(H,33,35,36)/t29-/m0/s1. The van der Waals surface area contributed by atoms with Crippen molar-refractivity contribution in [3.8, 4) is 11.4 Å². The molecule has 226 valence electrons. The number of nitrogens with one attached hydrogen (secondary N) is 1. The molecule has 1 aliphatic heterocycles. The van der Waals surface area contributed by atoms with E-state index in [0.29, 0.717) is 0 Å². The number of ether oxygens (including phenoxy) is 1. The second-order valence-corrected chi connectivity index (χ2v) is 12.8. The largest absolute Gasteiger partial charge is 0.446 e. The summed E-state index contributed by atoms with van der Waals surface area (Å²) in [5.74, 6) is -4.61. The summed E-state index contributed by atoms with van der Waals surface area (Å²) in [6, 6.07) is 7.22. The molecule has 0 unspecified atom stereocenters. The number of pyridine rings is 1. The fourth-order valence-corrected chi connectivity index (χ4v) is 6.79. The van der Waals surface area contributed by atoms with Crippen LogP contribution in [0.15, 0.2) is 53.8 Å². The van der Waals surface area contributed by atoms with E-state index >= 15 is 4.39 Å². The molecule has 0 radical (unpaired) electrons. The van der Waals surface area contributed by atoms with Gasteiger partial charge < -0.3 is 15.0 Å². The Balaban J connectivity index is 1.29. The quantitative estimate of drug-likeness (QED) is 0.280. The average Bonchev–Trinajstić information content (AvgIpc) is 3.56. The van der Waals surface area contributed by atoms with Crippen molar-refractivity contribution in [1.82, 2.24) is 23.8 Å². The van der Waals surface area contributed by atoms with E-state index in [4.69, 9.17) is 4.74 Å². The topological polar surface area (TPSA) is 119 Å². The molecule has 0 spiro atoms. The van der Waals surface area contributed by atoms with E-state index in [1.54, 1.807) is 12.1 Å². The third-order valence-corrected chi connectivity index (χ3v) is 9.45. The molecule has 6 rings (SSSR count). The zero-order valence-electron chi connectivity index (χ0n) is 23.3. The van der Waals surface area contributed by atoms with E-state index in [9.17, 15) is 22.0 Å². The summed E-state index contributed by atoms with van der Waals surface area (Å²) in [5, 5.41) is 2.51. The maximum absolute atomic E-state index is 15.9. The van der Waals surface area contributed by atoms with Gasteiger partial charge in [0.1, 0.15) is 11.9 Å². The highest BCUT2D eigenvalue weighted by Gasteiger charge is 2.42. The Labute approximate surface area is 246 Å². The minimum absolute atomic E-state index is 0.0257. The van der Waals surface area contributed by atoms with Crippen molar-refractivity contribution in [2.24, 2.45) is 0 Å². The number of rotatable bonds is 6. The number of likely N-dealkylation sites (tertiary alicyclic amines) is 1. The number of halogens is 3. The molecule has 14 heteroatoms. The van der Waals surface area contributed by atoms with Gasteiger partial charge in [0.25, 0.3) is 10.0 Å². The van der Waals surface area contributed by atoms with Crippen molar-refractivity contribution in [3.63, 3.8) is 0 Å². The van der Waals surface area contributed by atoms with Gasteiger partial charge in [0.2, 0.25) is 5.79 Å². The normalized spacial score (nSPS) is 19.6. The van der Waals surface area contributed by atoms with Crippen molar-refractivity contribution in [1.29, 1.82) is 0 Å². The summed E-state index contributed by atoms with van der Waals surface area (Å²) in [6.07, 6.45) is 6.49. The summed E-state index contributed by atoms with van der Waals surface area (Å²) in [7, 11) is -4.18. The molecule has 10 nitrogen and oxygen atoms in total. The fraction of sp³-hybridized carbons (Fsp3) is 0.379. The van der Waals surface area contributed by atoms with Crippen molar-refractivity contribution in [3.05, 3.63) is 66.1 Å². The van der Waals surface area contributed by atoms with E-state index in [1.165, 1.54) is 23.2 Å². The number of hydrogen-bond donors (Lipinski definition) is 1. The summed E-state index contributed by atoms with van der Waals surface area (Å²) in [4.78, 5) is 26.0. The number of amides is 1. The number of fused-ring (bicyclic) bond motifs is 1. The van der Waals surface area contributed by atoms with Crippen molar-refractivity contribution < 1.29 is 31.1 Å². The monoisotopic (exact) mass is 614 g/mol. The van der Waals surface area contributed by atoms with E-state index in [1.807, 2.05) is 6.92 Å². The van der Waals surface area contributed by atoms with Gasteiger partial charge in [-0.2, -0.15) is 0 Å². The Morgan fingerprint density at radius 1 is 1.09 bits per heavy atom. The summed E-state index contributed by atoms with van der Waals surface area (Å²) in [5.41, 5.74) is 0.802.